The molecular formula is C15H17ClN4O. The van der Waals surface area contributed by atoms with E-state index in [-0.39, 0.29) is 5.75 Å². The molecule has 0 unspecified atom stereocenters. The third-order valence-corrected chi connectivity index (χ3v) is 3.60. The number of nitrogens with one attached hydrogen (secondary N) is 2. The Labute approximate surface area is 128 Å². The minimum absolute atomic E-state index is 0.139. The summed E-state index contributed by atoms with van der Waals surface area (Å²) in [6.45, 7) is 2.78. The van der Waals surface area contributed by atoms with Crippen molar-refractivity contribution in [2.75, 3.05) is 17.2 Å². The zero-order chi connectivity index (χ0) is 14.8. The van der Waals surface area contributed by atoms with Crippen LogP contribution >= 0.6 is 11.6 Å². The maximum Gasteiger partial charge on any atom is 0.224 e. The van der Waals surface area contributed by atoms with E-state index < -0.39 is 0 Å². The van der Waals surface area contributed by atoms with Crippen LogP contribution in [0.15, 0.2) is 24.3 Å². The summed E-state index contributed by atoms with van der Waals surface area (Å²) in [6, 6.07) is 6.77. The second-order valence-corrected chi connectivity index (χ2v) is 5.50. The number of hydrogen-bond acceptors (Lipinski definition) is 5. The van der Waals surface area contributed by atoms with Gasteiger partial charge >= 0.3 is 0 Å². The first-order valence-electron chi connectivity index (χ1n) is 7.04. The quantitative estimate of drug-likeness (QED) is 0.731. The first kappa shape index (κ1) is 13.9. The molecule has 21 heavy (non-hydrogen) atoms. The largest absolute Gasteiger partial charge is 0.508 e. The molecule has 3 N–H and O–H groups in total. The first-order chi connectivity index (χ1) is 10.2. The molecule has 2 aromatic rings. The fourth-order valence-electron chi connectivity index (χ4n) is 2.10. The summed E-state index contributed by atoms with van der Waals surface area (Å²) in [5, 5.41) is 16.2. The molecule has 0 spiro atoms. The lowest BCUT2D eigenvalue weighted by Crippen LogP contribution is -2.06. The van der Waals surface area contributed by atoms with Crippen molar-refractivity contribution in [2.24, 2.45) is 0 Å². The highest BCUT2D eigenvalue weighted by Gasteiger charge is 2.26. The van der Waals surface area contributed by atoms with Crippen molar-refractivity contribution in [3.05, 3.63) is 35.0 Å². The Bertz CT molecular complexity index is 658. The number of rotatable bonds is 5. The lowest BCUT2D eigenvalue weighted by Gasteiger charge is -2.11. The molecule has 110 valence electrons. The van der Waals surface area contributed by atoms with Gasteiger partial charge in [-0.2, -0.15) is 4.98 Å². The summed E-state index contributed by atoms with van der Waals surface area (Å²) in [6.07, 6.45) is 2.37. The van der Waals surface area contributed by atoms with Crippen LogP contribution in [0.1, 0.15) is 31.4 Å². The van der Waals surface area contributed by atoms with Crippen molar-refractivity contribution in [2.45, 2.75) is 25.7 Å². The standard InChI is InChI=1S/C15H17ClN4O/c1-2-17-15-19-13(9-3-4-9)8-14(20-15)18-12-6-5-10(21)7-11(12)16/h5-9,21H,2-4H2,1H3,(H2,17,18,19,20). The summed E-state index contributed by atoms with van der Waals surface area (Å²) in [5.41, 5.74) is 1.76. The minimum Gasteiger partial charge on any atom is -0.508 e. The zero-order valence-corrected chi connectivity index (χ0v) is 12.5. The predicted octanol–water partition coefficient (Wildman–Crippen LogP) is 3.89. The summed E-state index contributed by atoms with van der Waals surface area (Å²) in [7, 11) is 0. The topological polar surface area (TPSA) is 70.1 Å². The Morgan fingerprint density at radius 3 is 2.76 bits per heavy atom. The van der Waals surface area contributed by atoms with E-state index in [4.69, 9.17) is 11.6 Å². The normalized spacial score (nSPS) is 14.0. The van der Waals surface area contributed by atoms with Gasteiger partial charge in [-0.05, 0) is 31.9 Å². The first-order valence-corrected chi connectivity index (χ1v) is 7.42. The van der Waals surface area contributed by atoms with Crippen LogP contribution < -0.4 is 10.6 Å². The second-order valence-electron chi connectivity index (χ2n) is 5.10. The molecule has 1 fully saturated rings. The highest BCUT2D eigenvalue weighted by atomic mass is 35.5. The highest BCUT2D eigenvalue weighted by molar-refractivity contribution is 6.33. The van der Waals surface area contributed by atoms with Crippen LogP contribution in [-0.2, 0) is 0 Å². The number of phenols is 1. The van der Waals surface area contributed by atoms with Crippen LogP contribution in [0, 0.1) is 0 Å². The van der Waals surface area contributed by atoms with Crippen molar-refractivity contribution in [1.29, 1.82) is 0 Å². The van der Waals surface area contributed by atoms with E-state index in [2.05, 4.69) is 20.6 Å². The number of hydrogen-bond donors (Lipinski definition) is 3. The van der Waals surface area contributed by atoms with Crippen LogP contribution in [0.3, 0.4) is 0 Å². The average molecular weight is 305 g/mol. The lowest BCUT2D eigenvalue weighted by molar-refractivity contribution is 0.475. The Balaban J connectivity index is 1.89. The SMILES string of the molecule is CCNc1nc(Nc2ccc(O)cc2Cl)cc(C2CC2)n1. The molecule has 1 heterocycles. The van der Waals surface area contributed by atoms with Crippen molar-refractivity contribution in [3.63, 3.8) is 0 Å². The van der Waals surface area contributed by atoms with Gasteiger partial charge < -0.3 is 15.7 Å². The van der Waals surface area contributed by atoms with E-state index in [1.807, 2.05) is 13.0 Å². The fraction of sp³-hybridized carbons (Fsp3) is 0.333. The molecule has 0 aliphatic heterocycles. The van der Waals surface area contributed by atoms with E-state index >= 15 is 0 Å². The molecule has 1 aromatic heterocycles. The van der Waals surface area contributed by atoms with Gasteiger partial charge in [0.2, 0.25) is 5.95 Å². The number of benzene rings is 1. The monoisotopic (exact) mass is 304 g/mol. The van der Waals surface area contributed by atoms with Crippen molar-refractivity contribution in [1.82, 2.24) is 9.97 Å². The third kappa shape index (κ3) is 3.36. The minimum atomic E-state index is 0.139. The molecule has 5 nitrogen and oxygen atoms in total. The van der Waals surface area contributed by atoms with Gasteiger partial charge in [0.25, 0.3) is 0 Å². The van der Waals surface area contributed by atoms with Gasteiger partial charge in [0.1, 0.15) is 11.6 Å². The zero-order valence-electron chi connectivity index (χ0n) is 11.7. The molecule has 0 saturated heterocycles. The van der Waals surface area contributed by atoms with Crippen LogP contribution in [0.2, 0.25) is 5.02 Å². The molecule has 1 aliphatic rings. The summed E-state index contributed by atoms with van der Waals surface area (Å²) in [5.74, 6) is 2.01. The molecule has 1 aliphatic carbocycles. The molecule has 6 heteroatoms. The van der Waals surface area contributed by atoms with Gasteiger partial charge in [-0.15, -0.1) is 0 Å². The fourth-order valence-corrected chi connectivity index (χ4v) is 2.32. The van der Waals surface area contributed by atoms with E-state index in [1.165, 1.54) is 18.9 Å². The smallest absolute Gasteiger partial charge is 0.224 e. The van der Waals surface area contributed by atoms with Gasteiger partial charge in [0, 0.05) is 24.6 Å². The van der Waals surface area contributed by atoms with Crippen LogP contribution in [0.4, 0.5) is 17.5 Å². The third-order valence-electron chi connectivity index (χ3n) is 3.29. The van der Waals surface area contributed by atoms with E-state index in [1.54, 1.807) is 12.1 Å². The molecule has 0 atom stereocenters. The summed E-state index contributed by atoms with van der Waals surface area (Å²) in [4.78, 5) is 8.97. The van der Waals surface area contributed by atoms with Crippen LogP contribution in [0.25, 0.3) is 0 Å². The lowest BCUT2D eigenvalue weighted by atomic mass is 10.2. The molecule has 0 radical (unpaired) electrons. The molecule has 1 saturated carbocycles. The predicted molar refractivity (Wildman–Crippen MR) is 84.6 cm³/mol. The number of anilines is 3. The molecular weight excluding hydrogens is 288 g/mol. The van der Waals surface area contributed by atoms with Crippen LogP contribution in [0.5, 0.6) is 5.75 Å². The summed E-state index contributed by atoms with van der Waals surface area (Å²) >= 11 is 6.11. The molecule has 3 rings (SSSR count). The van der Waals surface area contributed by atoms with Crippen molar-refractivity contribution < 1.29 is 5.11 Å². The van der Waals surface area contributed by atoms with E-state index in [9.17, 15) is 5.11 Å². The van der Waals surface area contributed by atoms with Crippen LogP contribution in [-0.4, -0.2) is 21.6 Å². The van der Waals surface area contributed by atoms with Gasteiger partial charge in [0.15, 0.2) is 0 Å². The van der Waals surface area contributed by atoms with Gasteiger partial charge in [-0.1, -0.05) is 11.6 Å². The summed E-state index contributed by atoms with van der Waals surface area (Å²) < 4.78 is 0. The van der Waals surface area contributed by atoms with Gasteiger partial charge in [-0.25, -0.2) is 4.98 Å². The Hall–Kier alpha value is -2.01. The maximum atomic E-state index is 9.39. The Morgan fingerprint density at radius 1 is 1.29 bits per heavy atom. The Kier molecular flexibility index (Phi) is 3.84. The molecule has 0 amide bonds. The average Bonchev–Trinajstić information content (AvgIpc) is 3.27. The number of aromatic nitrogens is 2. The second kappa shape index (κ2) is 5.77. The number of phenolic OH excluding ortho intramolecular Hbond substituents is 1. The van der Waals surface area contributed by atoms with Crippen molar-refractivity contribution in [3.8, 4) is 5.75 Å². The Morgan fingerprint density at radius 2 is 2.10 bits per heavy atom. The number of nitrogens with zero attached hydrogens (tertiary/aromatic N) is 2. The number of aromatic hydroxyl groups is 1. The van der Waals surface area contributed by atoms with E-state index in [0.29, 0.717) is 28.4 Å². The molecule has 0 bridgehead atoms. The van der Waals surface area contributed by atoms with E-state index in [0.717, 1.165) is 12.2 Å². The van der Waals surface area contributed by atoms with Gasteiger partial charge in [0.05, 0.1) is 16.4 Å². The van der Waals surface area contributed by atoms with Crippen molar-refractivity contribution >= 4 is 29.1 Å². The van der Waals surface area contributed by atoms with Gasteiger partial charge in [-0.3, -0.25) is 0 Å². The number of halogens is 1. The maximum absolute atomic E-state index is 9.39. The highest BCUT2D eigenvalue weighted by Crippen LogP contribution is 2.40. The molecule has 1 aromatic carbocycles.